The Morgan fingerprint density at radius 2 is 1.87 bits per heavy atom. The highest BCUT2D eigenvalue weighted by Crippen LogP contribution is 2.27. The zero-order valence-electron chi connectivity index (χ0n) is 17.1. The largest absolute Gasteiger partial charge is 0.371 e. The maximum atomic E-state index is 11.3. The predicted octanol–water partition coefficient (Wildman–Crippen LogP) is 4.74. The van der Waals surface area contributed by atoms with E-state index in [1.807, 2.05) is 24.3 Å². The van der Waals surface area contributed by atoms with Crippen molar-refractivity contribution in [1.29, 1.82) is 0 Å². The third-order valence-electron chi connectivity index (χ3n) is 5.20. The summed E-state index contributed by atoms with van der Waals surface area (Å²) in [5.41, 5.74) is 2.95. The lowest BCUT2D eigenvalue weighted by molar-refractivity contribution is -0.384. The molecule has 0 radical (unpaired) electrons. The third-order valence-corrected chi connectivity index (χ3v) is 6.21. The van der Waals surface area contributed by atoms with E-state index in [2.05, 4.69) is 32.3 Å². The summed E-state index contributed by atoms with van der Waals surface area (Å²) in [5, 5.41) is 24.6. The van der Waals surface area contributed by atoms with Crippen molar-refractivity contribution in [2.75, 3.05) is 18.0 Å². The van der Waals surface area contributed by atoms with Crippen molar-refractivity contribution in [3.05, 3.63) is 76.1 Å². The number of nitro benzene ring substituents is 1. The van der Waals surface area contributed by atoms with Gasteiger partial charge in [-0.3, -0.25) is 10.1 Å². The van der Waals surface area contributed by atoms with Crippen LogP contribution in [0.3, 0.4) is 0 Å². The highest BCUT2D eigenvalue weighted by Gasteiger charge is 2.16. The number of hydrogen-bond donors (Lipinski definition) is 0. The first-order valence-corrected chi connectivity index (χ1v) is 11.3. The summed E-state index contributed by atoms with van der Waals surface area (Å²) in [6.07, 6.45) is 7.90. The molecule has 0 spiro atoms. The molecule has 0 saturated carbocycles. The van der Waals surface area contributed by atoms with Gasteiger partial charge >= 0.3 is 0 Å². The van der Waals surface area contributed by atoms with Gasteiger partial charge in [0, 0.05) is 42.2 Å². The van der Waals surface area contributed by atoms with Crippen LogP contribution in [0.2, 0.25) is 0 Å². The highest BCUT2D eigenvalue weighted by molar-refractivity contribution is 7.98. The van der Waals surface area contributed by atoms with Crippen molar-refractivity contribution >= 4 is 29.4 Å². The number of rotatable bonds is 7. The molecule has 0 aliphatic carbocycles. The van der Waals surface area contributed by atoms with Crippen LogP contribution < -0.4 is 4.90 Å². The first-order valence-electron chi connectivity index (χ1n) is 10.4. The predicted molar refractivity (Wildman–Crippen MR) is 123 cm³/mol. The van der Waals surface area contributed by atoms with E-state index in [4.69, 9.17) is 0 Å². The Bertz CT molecular complexity index is 1050. The fraction of sp³-hybridized carbons (Fsp3) is 0.318. The van der Waals surface area contributed by atoms with Crippen LogP contribution in [-0.4, -0.2) is 39.1 Å². The summed E-state index contributed by atoms with van der Waals surface area (Å²) in [5.74, 6) is 0.755. The van der Waals surface area contributed by atoms with E-state index in [0.29, 0.717) is 5.16 Å². The van der Waals surface area contributed by atoms with Crippen LogP contribution in [0.25, 0.3) is 0 Å². The number of benzene rings is 2. The van der Waals surface area contributed by atoms with E-state index >= 15 is 0 Å². The molecule has 1 aromatic heterocycles. The summed E-state index contributed by atoms with van der Waals surface area (Å²) in [4.78, 5) is 13.3. The van der Waals surface area contributed by atoms with Crippen molar-refractivity contribution in [1.82, 2.24) is 14.9 Å². The standard InChI is InChI=1S/C22H24N6O2S/c29-28(30)20-10-11-21(26-12-6-1-2-7-13-26)19(14-20)15-24-27-17-23-25-22(27)31-16-18-8-4-3-5-9-18/h3-5,8-11,14-15,17H,1-2,6-7,12-13,16H2. The fourth-order valence-electron chi connectivity index (χ4n) is 3.60. The Kier molecular flexibility index (Phi) is 6.93. The second-order valence-electron chi connectivity index (χ2n) is 7.38. The van der Waals surface area contributed by atoms with Crippen molar-refractivity contribution in [2.24, 2.45) is 5.10 Å². The summed E-state index contributed by atoms with van der Waals surface area (Å²) in [6, 6.07) is 15.1. The molecule has 3 aromatic rings. The monoisotopic (exact) mass is 436 g/mol. The molecular weight excluding hydrogens is 412 g/mol. The summed E-state index contributed by atoms with van der Waals surface area (Å²) in [7, 11) is 0. The molecule has 1 aliphatic heterocycles. The molecular formula is C22H24N6O2S. The minimum Gasteiger partial charge on any atom is -0.371 e. The number of nitrogens with zero attached hydrogens (tertiary/aromatic N) is 6. The molecule has 1 fully saturated rings. The van der Waals surface area contributed by atoms with Gasteiger partial charge in [0.2, 0.25) is 5.16 Å². The number of thioether (sulfide) groups is 1. The fourth-order valence-corrected chi connectivity index (χ4v) is 4.42. The Balaban J connectivity index is 1.57. The molecule has 4 rings (SSSR count). The lowest BCUT2D eigenvalue weighted by atomic mass is 10.1. The number of non-ortho nitro benzene ring substituents is 1. The van der Waals surface area contributed by atoms with Crippen molar-refractivity contribution in [3.8, 4) is 0 Å². The molecule has 2 heterocycles. The second-order valence-corrected chi connectivity index (χ2v) is 8.32. The van der Waals surface area contributed by atoms with Gasteiger partial charge in [0.15, 0.2) is 0 Å². The zero-order chi connectivity index (χ0) is 21.5. The Morgan fingerprint density at radius 3 is 2.61 bits per heavy atom. The minimum atomic E-state index is -0.372. The Hall–Kier alpha value is -3.20. The summed E-state index contributed by atoms with van der Waals surface area (Å²) < 4.78 is 1.61. The third kappa shape index (κ3) is 5.49. The van der Waals surface area contributed by atoms with E-state index < -0.39 is 0 Å². The molecule has 1 aliphatic rings. The smallest absolute Gasteiger partial charge is 0.270 e. The van der Waals surface area contributed by atoms with E-state index in [1.165, 1.54) is 18.4 Å². The number of hydrogen-bond acceptors (Lipinski definition) is 7. The maximum absolute atomic E-state index is 11.3. The quantitative estimate of drug-likeness (QED) is 0.230. The van der Waals surface area contributed by atoms with Crippen LogP contribution in [0.15, 0.2) is 65.1 Å². The highest BCUT2D eigenvalue weighted by atomic mass is 32.2. The van der Waals surface area contributed by atoms with Crippen LogP contribution in [0, 0.1) is 10.1 Å². The second kappa shape index (κ2) is 10.2. The first-order chi connectivity index (χ1) is 15.2. The number of anilines is 1. The molecule has 0 unspecified atom stereocenters. The first kappa shape index (κ1) is 21.0. The van der Waals surface area contributed by atoms with Gasteiger partial charge in [0.05, 0.1) is 11.1 Å². The van der Waals surface area contributed by atoms with E-state index in [0.717, 1.165) is 42.9 Å². The molecule has 0 atom stereocenters. The lowest BCUT2D eigenvalue weighted by Gasteiger charge is -2.24. The van der Waals surface area contributed by atoms with Crippen LogP contribution >= 0.6 is 11.8 Å². The molecule has 9 heteroatoms. The van der Waals surface area contributed by atoms with E-state index in [-0.39, 0.29) is 10.6 Å². The molecule has 0 amide bonds. The molecule has 0 N–H and O–H groups in total. The van der Waals surface area contributed by atoms with E-state index in [9.17, 15) is 10.1 Å². The molecule has 2 aromatic carbocycles. The topological polar surface area (TPSA) is 89.5 Å². The van der Waals surface area contributed by atoms with Crippen molar-refractivity contribution in [2.45, 2.75) is 36.6 Å². The van der Waals surface area contributed by atoms with Gasteiger partial charge in [-0.25, -0.2) is 0 Å². The molecule has 0 bridgehead atoms. The van der Waals surface area contributed by atoms with Crippen LogP contribution in [-0.2, 0) is 5.75 Å². The summed E-state index contributed by atoms with van der Waals surface area (Å²) in [6.45, 7) is 1.90. The molecule has 160 valence electrons. The van der Waals surface area contributed by atoms with E-state index in [1.54, 1.807) is 41.1 Å². The maximum Gasteiger partial charge on any atom is 0.270 e. The van der Waals surface area contributed by atoms with Crippen LogP contribution in [0.4, 0.5) is 11.4 Å². The van der Waals surface area contributed by atoms with Gasteiger partial charge in [0.1, 0.15) is 6.33 Å². The Morgan fingerprint density at radius 1 is 1.10 bits per heavy atom. The van der Waals surface area contributed by atoms with Crippen molar-refractivity contribution in [3.63, 3.8) is 0 Å². The zero-order valence-corrected chi connectivity index (χ0v) is 17.9. The molecule has 31 heavy (non-hydrogen) atoms. The van der Waals surface area contributed by atoms with Crippen LogP contribution in [0.5, 0.6) is 0 Å². The lowest BCUT2D eigenvalue weighted by Crippen LogP contribution is -2.25. The van der Waals surface area contributed by atoms with Gasteiger partial charge in [-0.2, -0.15) is 9.78 Å². The normalized spacial score (nSPS) is 14.6. The van der Waals surface area contributed by atoms with Gasteiger partial charge in [-0.1, -0.05) is 54.9 Å². The average molecular weight is 437 g/mol. The van der Waals surface area contributed by atoms with Gasteiger partial charge < -0.3 is 4.90 Å². The minimum absolute atomic E-state index is 0.0578. The molecule has 8 nitrogen and oxygen atoms in total. The summed E-state index contributed by atoms with van der Waals surface area (Å²) >= 11 is 1.54. The van der Waals surface area contributed by atoms with Crippen LogP contribution in [0.1, 0.15) is 36.8 Å². The number of nitro groups is 1. The number of aromatic nitrogens is 3. The van der Waals surface area contributed by atoms with Gasteiger partial charge in [-0.15, -0.1) is 10.2 Å². The Labute approximate surface area is 185 Å². The van der Waals surface area contributed by atoms with Gasteiger partial charge in [-0.05, 0) is 24.5 Å². The SMILES string of the molecule is O=[N+]([O-])c1ccc(N2CCCCCC2)c(C=Nn2cnnc2SCc2ccccc2)c1. The molecule has 1 saturated heterocycles. The van der Waals surface area contributed by atoms with Crippen molar-refractivity contribution < 1.29 is 4.92 Å². The average Bonchev–Trinajstić information content (AvgIpc) is 3.07. The van der Waals surface area contributed by atoms with Gasteiger partial charge in [0.25, 0.3) is 5.69 Å².